The topological polar surface area (TPSA) is 37.8 Å². The van der Waals surface area contributed by atoms with Crippen molar-refractivity contribution in [1.29, 1.82) is 0 Å². The fourth-order valence-electron chi connectivity index (χ4n) is 1.20. The number of aryl methyl sites for hydroxylation is 1. The lowest BCUT2D eigenvalue weighted by atomic mass is 10.2. The second-order valence-electron chi connectivity index (χ2n) is 3.39. The number of alkyl halides is 1. The van der Waals surface area contributed by atoms with Crippen molar-refractivity contribution in [3.63, 3.8) is 0 Å². The Hall–Kier alpha value is -0.900. The quantitative estimate of drug-likeness (QED) is 0.792. The molecule has 0 amide bonds. The van der Waals surface area contributed by atoms with Gasteiger partial charge in [0.1, 0.15) is 6.33 Å². The number of hydrogen-bond acceptors (Lipinski definition) is 3. The predicted octanol–water partition coefficient (Wildman–Crippen LogP) is 2.74. The molecule has 0 fully saturated rings. The van der Waals surface area contributed by atoms with Gasteiger partial charge in [-0.3, -0.25) is 0 Å². The van der Waals surface area contributed by atoms with Gasteiger partial charge in [0.2, 0.25) is 0 Å². The van der Waals surface area contributed by atoms with Gasteiger partial charge in [-0.2, -0.15) is 0 Å². The van der Waals surface area contributed by atoms with Gasteiger partial charge >= 0.3 is 0 Å². The SMILES string of the molecule is CCCC(Cl)CNc1ncnc(C)c1F. The smallest absolute Gasteiger partial charge is 0.186 e. The second-order valence-corrected chi connectivity index (χ2v) is 4.01. The van der Waals surface area contributed by atoms with Crippen LogP contribution >= 0.6 is 11.6 Å². The van der Waals surface area contributed by atoms with Crippen LogP contribution in [-0.4, -0.2) is 21.9 Å². The van der Waals surface area contributed by atoms with Crippen molar-refractivity contribution < 1.29 is 4.39 Å². The van der Waals surface area contributed by atoms with Crippen LogP contribution in [0.5, 0.6) is 0 Å². The van der Waals surface area contributed by atoms with E-state index in [2.05, 4.69) is 22.2 Å². The number of halogens is 2. The average Bonchev–Trinajstić information content (AvgIpc) is 2.21. The molecule has 0 bridgehead atoms. The molecule has 0 aliphatic rings. The molecule has 1 N–H and O–H groups in total. The van der Waals surface area contributed by atoms with E-state index in [1.807, 2.05) is 0 Å². The van der Waals surface area contributed by atoms with Crippen LogP contribution in [0.1, 0.15) is 25.5 Å². The number of nitrogens with zero attached hydrogens (tertiary/aromatic N) is 2. The third kappa shape index (κ3) is 3.63. The molecule has 1 aromatic heterocycles. The first-order valence-corrected chi connectivity index (χ1v) is 5.43. The standard InChI is InChI=1S/C10H15ClFN3/c1-3-4-8(11)5-13-10-9(12)7(2)14-6-15-10/h6,8H,3-5H2,1-2H3,(H,13,14,15). The highest BCUT2D eigenvalue weighted by atomic mass is 35.5. The summed E-state index contributed by atoms with van der Waals surface area (Å²) in [6.07, 6.45) is 3.26. The highest BCUT2D eigenvalue weighted by Gasteiger charge is 2.09. The lowest BCUT2D eigenvalue weighted by molar-refractivity contribution is 0.603. The molecule has 1 rings (SSSR count). The first-order chi connectivity index (χ1) is 7.15. The van der Waals surface area contributed by atoms with Crippen LogP contribution in [0.3, 0.4) is 0 Å². The molecule has 0 aliphatic heterocycles. The Balaban J connectivity index is 2.54. The number of nitrogens with one attached hydrogen (secondary N) is 1. The maximum absolute atomic E-state index is 13.4. The Morgan fingerprint density at radius 2 is 2.27 bits per heavy atom. The van der Waals surface area contributed by atoms with Gasteiger partial charge in [-0.05, 0) is 13.3 Å². The Labute approximate surface area is 94.1 Å². The van der Waals surface area contributed by atoms with Gasteiger partial charge < -0.3 is 5.32 Å². The minimum absolute atomic E-state index is 0.00433. The van der Waals surface area contributed by atoms with Crippen molar-refractivity contribution in [2.75, 3.05) is 11.9 Å². The number of anilines is 1. The van der Waals surface area contributed by atoms with Crippen LogP contribution in [0, 0.1) is 12.7 Å². The van der Waals surface area contributed by atoms with E-state index in [1.54, 1.807) is 6.92 Å². The van der Waals surface area contributed by atoms with Crippen molar-refractivity contribution in [1.82, 2.24) is 9.97 Å². The van der Waals surface area contributed by atoms with Gasteiger partial charge in [-0.25, -0.2) is 14.4 Å². The molecule has 1 atom stereocenters. The van der Waals surface area contributed by atoms with Crippen LogP contribution in [0.2, 0.25) is 0 Å². The van der Waals surface area contributed by atoms with Crippen molar-refractivity contribution >= 4 is 17.4 Å². The molecule has 0 radical (unpaired) electrons. The van der Waals surface area contributed by atoms with E-state index in [0.717, 1.165) is 12.8 Å². The molecule has 0 spiro atoms. The van der Waals surface area contributed by atoms with Crippen LogP contribution < -0.4 is 5.32 Å². The average molecular weight is 232 g/mol. The predicted molar refractivity (Wildman–Crippen MR) is 59.8 cm³/mol. The number of hydrogen-bond donors (Lipinski definition) is 1. The first kappa shape index (κ1) is 12.2. The van der Waals surface area contributed by atoms with Gasteiger partial charge in [-0.1, -0.05) is 13.3 Å². The molecule has 1 heterocycles. The third-order valence-electron chi connectivity index (χ3n) is 2.06. The maximum Gasteiger partial charge on any atom is 0.186 e. The molecule has 1 unspecified atom stereocenters. The Morgan fingerprint density at radius 1 is 1.53 bits per heavy atom. The Morgan fingerprint density at radius 3 is 2.93 bits per heavy atom. The van der Waals surface area contributed by atoms with Crippen molar-refractivity contribution in [3.8, 4) is 0 Å². The summed E-state index contributed by atoms with van der Waals surface area (Å²) >= 11 is 5.99. The fourth-order valence-corrected chi connectivity index (χ4v) is 1.50. The van der Waals surface area contributed by atoms with Gasteiger partial charge in [0.05, 0.1) is 11.1 Å². The van der Waals surface area contributed by atoms with E-state index < -0.39 is 5.82 Å². The summed E-state index contributed by atoms with van der Waals surface area (Å²) in [5, 5.41) is 2.88. The second kappa shape index (κ2) is 5.85. The molecule has 0 aromatic carbocycles. The highest BCUT2D eigenvalue weighted by molar-refractivity contribution is 6.20. The molecule has 84 valence electrons. The molecule has 1 aromatic rings. The highest BCUT2D eigenvalue weighted by Crippen LogP contribution is 2.13. The van der Waals surface area contributed by atoms with E-state index in [1.165, 1.54) is 6.33 Å². The molecule has 0 aliphatic carbocycles. The Bertz CT molecular complexity index is 320. The van der Waals surface area contributed by atoms with Crippen molar-refractivity contribution in [2.24, 2.45) is 0 Å². The number of rotatable bonds is 5. The zero-order valence-corrected chi connectivity index (χ0v) is 9.68. The van der Waals surface area contributed by atoms with E-state index in [4.69, 9.17) is 11.6 Å². The normalized spacial score (nSPS) is 12.5. The zero-order chi connectivity index (χ0) is 11.3. The fraction of sp³-hybridized carbons (Fsp3) is 0.600. The summed E-state index contributed by atoms with van der Waals surface area (Å²) in [5.41, 5.74) is 0.342. The summed E-state index contributed by atoms with van der Waals surface area (Å²) in [6, 6.07) is 0. The Kier molecular flexibility index (Phi) is 4.75. The molecule has 15 heavy (non-hydrogen) atoms. The lowest BCUT2D eigenvalue weighted by Crippen LogP contribution is -2.16. The van der Waals surface area contributed by atoms with Gasteiger partial charge in [-0.15, -0.1) is 11.6 Å². The minimum Gasteiger partial charge on any atom is -0.366 e. The maximum atomic E-state index is 13.4. The van der Waals surface area contributed by atoms with Gasteiger partial charge in [0.15, 0.2) is 11.6 Å². The van der Waals surface area contributed by atoms with Crippen LogP contribution in [0.25, 0.3) is 0 Å². The lowest BCUT2D eigenvalue weighted by Gasteiger charge is -2.10. The van der Waals surface area contributed by atoms with Crippen LogP contribution in [-0.2, 0) is 0 Å². The number of aromatic nitrogens is 2. The molecule has 0 saturated carbocycles. The van der Waals surface area contributed by atoms with E-state index in [9.17, 15) is 4.39 Å². The van der Waals surface area contributed by atoms with Gasteiger partial charge in [0, 0.05) is 6.54 Å². The third-order valence-corrected chi connectivity index (χ3v) is 2.43. The summed E-state index contributed by atoms with van der Waals surface area (Å²) < 4.78 is 13.4. The monoisotopic (exact) mass is 231 g/mol. The summed E-state index contributed by atoms with van der Waals surface area (Å²) in [6.45, 7) is 4.18. The molecule has 5 heteroatoms. The van der Waals surface area contributed by atoms with Gasteiger partial charge in [0.25, 0.3) is 0 Å². The summed E-state index contributed by atoms with van der Waals surface area (Å²) in [7, 11) is 0. The van der Waals surface area contributed by atoms with E-state index >= 15 is 0 Å². The van der Waals surface area contributed by atoms with E-state index in [0.29, 0.717) is 12.2 Å². The van der Waals surface area contributed by atoms with Crippen molar-refractivity contribution in [2.45, 2.75) is 32.1 Å². The molecular formula is C10H15ClFN3. The minimum atomic E-state index is -0.405. The molecular weight excluding hydrogens is 217 g/mol. The largest absolute Gasteiger partial charge is 0.366 e. The van der Waals surface area contributed by atoms with Crippen molar-refractivity contribution in [3.05, 3.63) is 17.8 Å². The summed E-state index contributed by atoms with van der Waals surface area (Å²) in [4.78, 5) is 7.56. The van der Waals surface area contributed by atoms with E-state index in [-0.39, 0.29) is 11.2 Å². The van der Waals surface area contributed by atoms with Crippen LogP contribution in [0.4, 0.5) is 10.2 Å². The first-order valence-electron chi connectivity index (χ1n) is 5.00. The summed E-state index contributed by atoms with van der Waals surface area (Å²) in [5.74, 6) is -0.179. The molecule has 0 saturated heterocycles. The molecule has 3 nitrogen and oxygen atoms in total. The zero-order valence-electron chi connectivity index (χ0n) is 8.93. The van der Waals surface area contributed by atoms with Crippen LogP contribution in [0.15, 0.2) is 6.33 Å².